The SMILES string of the molecule is COCC1CCN(Cc2ccc(Br)s2)C1. The molecule has 0 aliphatic carbocycles. The summed E-state index contributed by atoms with van der Waals surface area (Å²) in [4.78, 5) is 3.96. The highest BCUT2D eigenvalue weighted by Crippen LogP contribution is 2.25. The molecule has 0 bridgehead atoms. The van der Waals surface area contributed by atoms with Crippen molar-refractivity contribution in [2.45, 2.75) is 13.0 Å². The molecule has 1 unspecified atom stereocenters. The van der Waals surface area contributed by atoms with Crippen LogP contribution >= 0.6 is 27.3 Å². The summed E-state index contributed by atoms with van der Waals surface area (Å²) < 4.78 is 6.42. The third-order valence-electron chi connectivity index (χ3n) is 2.78. The summed E-state index contributed by atoms with van der Waals surface area (Å²) in [6.07, 6.45) is 1.28. The van der Waals surface area contributed by atoms with Crippen LogP contribution in [0, 0.1) is 5.92 Å². The molecule has 84 valence electrons. The Morgan fingerprint density at radius 1 is 1.60 bits per heavy atom. The molecule has 0 aromatic carbocycles. The smallest absolute Gasteiger partial charge is 0.0701 e. The van der Waals surface area contributed by atoms with Crippen LogP contribution in [-0.4, -0.2) is 31.7 Å². The van der Waals surface area contributed by atoms with Gasteiger partial charge in [0.15, 0.2) is 0 Å². The average Bonchev–Trinajstić information content (AvgIpc) is 2.78. The lowest BCUT2D eigenvalue weighted by Crippen LogP contribution is -2.20. The van der Waals surface area contributed by atoms with Crippen molar-refractivity contribution in [3.63, 3.8) is 0 Å². The van der Waals surface area contributed by atoms with E-state index in [9.17, 15) is 0 Å². The highest BCUT2D eigenvalue weighted by atomic mass is 79.9. The third-order valence-corrected chi connectivity index (χ3v) is 4.39. The van der Waals surface area contributed by atoms with Crippen LogP contribution in [-0.2, 0) is 11.3 Å². The summed E-state index contributed by atoms with van der Waals surface area (Å²) in [5, 5.41) is 0. The number of methoxy groups -OCH3 is 1. The van der Waals surface area contributed by atoms with Crippen LogP contribution in [0.25, 0.3) is 0 Å². The molecular weight excluding hydrogens is 274 g/mol. The number of likely N-dealkylation sites (tertiary alicyclic amines) is 1. The second kappa shape index (κ2) is 5.43. The summed E-state index contributed by atoms with van der Waals surface area (Å²) in [7, 11) is 1.79. The minimum Gasteiger partial charge on any atom is -0.384 e. The van der Waals surface area contributed by atoms with Gasteiger partial charge in [-0.25, -0.2) is 0 Å². The van der Waals surface area contributed by atoms with E-state index >= 15 is 0 Å². The molecule has 0 saturated carbocycles. The normalized spacial score (nSPS) is 22.4. The monoisotopic (exact) mass is 289 g/mol. The first kappa shape index (κ1) is 11.6. The molecule has 1 aliphatic rings. The van der Waals surface area contributed by atoms with Crippen molar-refractivity contribution in [2.24, 2.45) is 5.92 Å². The Labute approximate surface area is 103 Å². The van der Waals surface area contributed by atoms with Crippen LogP contribution < -0.4 is 0 Å². The zero-order valence-electron chi connectivity index (χ0n) is 8.91. The van der Waals surface area contributed by atoms with E-state index in [1.54, 1.807) is 7.11 Å². The summed E-state index contributed by atoms with van der Waals surface area (Å²) in [6.45, 7) is 4.40. The summed E-state index contributed by atoms with van der Waals surface area (Å²) >= 11 is 5.33. The maximum absolute atomic E-state index is 5.20. The molecule has 15 heavy (non-hydrogen) atoms. The van der Waals surface area contributed by atoms with Crippen molar-refractivity contribution in [1.29, 1.82) is 0 Å². The van der Waals surface area contributed by atoms with E-state index in [1.165, 1.54) is 28.2 Å². The number of rotatable bonds is 4. The van der Waals surface area contributed by atoms with Gasteiger partial charge in [-0.2, -0.15) is 0 Å². The maximum atomic E-state index is 5.20. The Morgan fingerprint density at radius 3 is 3.13 bits per heavy atom. The average molecular weight is 290 g/mol. The predicted molar refractivity (Wildman–Crippen MR) is 67.3 cm³/mol. The van der Waals surface area contributed by atoms with Crippen LogP contribution in [0.5, 0.6) is 0 Å². The Kier molecular flexibility index (Phi) is 4.20. The second-order valence-corrected chi connectivity index (χ2v) is 6.60. The van der Waals surface area contributed by atoms with E-state index in [4.69, 9.17) is 4.74 Å². The van der Waals surface area contributed by atoms with Gasteiger partial charge in [0.05, 0.1) is 10.4 Å². The molecule has 0 N–H and O–H groups in total. The maximum Gasteiger partial charge on any atom is 0.0701 e. The minimum atomic E-state index is 0.735. The molecule has 0 radical (unpaired) electrons. The van der Waals surface area contributed by atoms with Crippen LogP contribution in [0.15, 0.2) is 15.9 Å². The fourth-order valence-corrected chi connectivity index (χ4v) is 3.61. The first-order chi connectivity index (χ1) is 7.28. The molecule has 0 amide bonds. The lowest BCUT2D eigenvalue weighted by molar-refractivity contribution is 0.153. The Morgan fingerprint density at radius 2 is 2.47 bits per heavy atom. The Bertz CT molecular complexity index is 315. The molecule has 2 rings (SSSR count). The molecule has 2 heterocycles. The molecule has 1 atom stereocenters. The summed E-state index contributed by atoms with van der Waals surface area (Å²) in [6, 6.07) is 4.33. The quantitative estimate of drug-likeness (QED) is 0.845. The number of hydrogen-bond acceptors (Lipinski definition) is 3. The van der Waals surface area contributed by atoms with Crippen LogP contribution in [0.2, 0.25) is 0 Å². The molecule has 1 aromatic heterocycles. The van der Waals surface area contributed by atoms with E-state index in [0.29, 0.717) is 0 Å². The highest BCUT2D eigenvalue weighted by Gasteiger charge is 2.22. The van der Waals surface area contributed by atoms with Gasteiger partial charge >= 0.3 is 0 Å². The van der Waals surface area contributed by atoms with Crippen molar-refractivity contribution < 1.29 is 4.74 Å². The highest BCUT2D eigenvalue weighted by molar-refractivity contribution is 9.11. The number of ether oxygens (including phenoxy) is 1. The van der Waals surface area contributed by atoms with Gasteiger partial charge in [0.25, 0.3) is 0 Å². The molecule has 1 aliphatic heterocycles. The lowest BCUT2D eigenvalue weighted by Gasteiger charge is -2.14. The topological polar surface area (TPSA) is 12.5 Å². The zero-order valence-corrected chi connectivity index (χ0v) is 11.3. The van der Waals surface area contributed by atoms with Crippen molar-refractivity contribution in [1.82, 2.24) is 4.90 Å². The van der Waals surface area contributed by atoms with Gasteiger partial charge in [-0.1, -0.05) is 0 Å². The van der Waals surface area contributed by atoms with E-state index < -0.39 is 0 Å². The number of halogens is 1. The van der Waals surface area contributed by atoms with Crippen molar-refractivity contribution in [3.8, 4) is 0 Å². The summed E-state index contributed by atoms with van der Waals surface area (Å²) in [5.74, 6) is 0.735. The van der Waals surface area contributed by atoms with Crippen molar-refractivity contribution in [2.75, 3.05) is 26.8 Å². The number of thiophene rings is 1. The predicted octanol–water partition coefficient (Wildman–Crippen LogP) is 2.98. The summed E-state index contributed by atoms with van der Waals surface area (Å²) in [5.41, 5.74) is 0. The fraction of sp³-hybridized carbons (Fsp3) is 0.636. The van der Waals surface area contributed by atoms with Gasteiger partial charge in [0.1, 0.15) is 0 Å². The van der Waals surface area contributed by atoms with Crippen LogP contribution in [0.3, 0.4) is 0 Å². The largest absolute Gasteiger partial charge is 0.384 e. The van der Waals surface area contributed by atoms with E-state index in [0.717, 1.165) is 19.1 Å². The molecule has 1 fully saturated rings. The Balaban J connectivity index is 1.82. The van der Waals surface area contributed by atoms with Crippen LogP contribution in [0.4, 0.5) is 0 Å². The third kappa shape index (κ3) is 3.28. The van der Waals surface area contributed by atoms with E-state index in [-0.39, 0.29) is 0 Å². The number of nitrogens with zero attached hydrogens (tertiary/aromatic N) is 1. The molecule has 4 heteroatoms. The minimum absolute atomic E-state index is 0.735. The van der Waals surface area contributed by atoms with Crippen LogP contribution in [0.1, 0.15) is 11.3 Å². The van der Waals surface area contributed by atoms with Crippen molar-refractivity contribution in [3.05, 3.63) is 20.8 Å². The zero-order chi connectivity index (χ0) is 10.7. The molecule has 1 saturated heterocycles. The standard InChI is InChI=1S/C11H16BrNOS/c1-14-8-9-4-5-13(6-9)7-10-2-3-11(12)15-10/h2-3,9H,4-8H2,1H3. The molecule has 1 aromatic rings. The van der Waals surface area contributed by atoms with Gasteiger partial charge in [0, 0.05) is 25.1 Å². The van der Waals surface area contributed by atoms with Gasteiger partial charge < -0.3 is 4.74 Å². The van der Waals surface area contributed by atoms with E-state index in [2.05, 4.69) is 33.0 Å². The van der Waals surface area contributed by atoms with Gasteiger partial charge in [-0.3, -0.25) is 4.90 Å². The van der Waals surface area contributed by atoms with Gasteiger partial charge in [-0.05, 0) is 46.9 Å². The Hall–Kier alpha value is 0.1000. The molecule has 2 nitrogen and oxygen atoms in total. The second-order valence-electron chi connectivity index (χ2n) is 4.05. The molecule has 0 spiro atoms. The number of hydrogen-bond donors (Lipinski definition) is 0. The fourth-order valence-electron chi connectivity index (χ4n) is 2.09. The lowest BCUT2D eigenvalue weighted by atomic mass is 10.1. The first-order valence-corrected chi connectivity index (χ1v) is 6.84. The van der Waals surface area contributed by atoms with E-state index in [1.807, 2.05) is 11.3 Å². The van der Waals surface area contributed by atoms with Crippen molar-refractivity contribution >= 4 is 27.3 Å². The van der Waals surface area contributed by atoms with Gasteiger partial charge in [0.2, 0.25) is 0 Å². The first-order valence-electron chi connectivity index (χ1n) is 5.23. The van der Waals surface area contributed by atoms with Gasteiger partial charge in [-0.15, -0.1) is 11.3 Å². The molecular formula is C11H16BrNOS.